The third kappa shape index (κ3) is 3.53. The van der Waals surface area contributed by atoms with Gasteiger partial charge in [-0.15, -0.1) is 0 Å². The number of halogens is 3. The van der Waals surface area contributed by atoms with Gasteiger partial charge in [-0.05, 0) is 18.6 Å². The van der Waals surface area contributed by atoms with E-state index in [1.165, 1.54) is 18.2 Å². The number of ether oxygens (including phenoxy) is 1. The van der Waals surface area contributed by atoms with E-state index in [0.717, 1.165) is 6.07 Å². The summed E-state index contributed by atoms with van der Waals surface area (Å²) in [4.78, 5) is 26.1. The van der Waals surface area contributed by atoms with Crippen LogP contribution in [0.1, 0.15) is 12.0 Å². The number of benzene rings is 1. The molecule has 3 rings (SSSR count). The van der Waals surface area contributed by atoms with Crippen LogP contribution in [0.3, 0.4) is 0 Å². The van der Waals surface area contributed by atoms with Crippen molar-refractivity contribution in [1.29, 1.82) is 0 Å². The number of alkyl halides is 3. The third-order valence-corrected chi connectivity index (χ3v) is 4.26. The fourth-order valence-electron chi connectivity index (χ4n) is 2.84. The molecule has 2 unspecified atom stereocenters. The van der Waals surface area contributed by atoms with Crippen LogP contribution in [-0.4, -0.2) is 43.0 Å². The van der Waals surface area contributed by atoms with Gasteiger partial charge in [-0.1, -0.05) is 12.1 Å². The molecule has 0 spiro atoms. The molecule has 1 aromatic carbocycles. The zero-order chi connectivity index (χ0) is 17.3. The van der Waals surface area contributed by atoms with Crippen LogP contribution in [0, 0.1) is 11.8 Å². The quantitative estimate of drug-likeness (QED) is 0.916. The molecule has 1 aliphatic carbocycles. The van der Waals surface area contributed by atoms with E-state index in [2.05, 4.69) is 5.32 Å². The highest BCUT2D eigenvalue weighted by Crippen LogP contribution is 2.42. The summed E-state index contributed by atoms with van der Waals surface area (Å²) in [7, 11) is 0. The van der Waals surface area contributed by atoms with Crippen molar-refractivity contribution in [3.05, 3.63) is 29.8 Å². The van der Waals surface area contributed by atoms with Gasteiger partial charge >= 0.3 is 6.18 Å². The highest BCUT2D eigenvalue weighted by Gasteiger charge is 2.50. The molecule has 24 heavy (non-hydrogen) atoms. The first-order valence-corrected chi connectivity index (χ1v) is 7.71. The van der Waals surface area contributed by atoms with E-state index in [9.17, 15) is 22.8 Å². The summed E-state index contributed by atoms with van der Waals surface area (Å²) >= 11 is 0. The van der Waals surface area contributed by atoms with Crippen molar-refractivity contribution < 1.29 is 27.5 Å². The molecule has 8 heteroatoms. The average Bonchev–Trinajstić information content (AvgIpc) is 3.35. The summed E-state index contributed by atoms with van der Waals surface area (Å²) < 4.78 is 44.0. The lowest BCUT2D eigenvalue weighted by Gasteiger charge is -2.27. The van der Waals surface area contributed by atoms with Gasteiger partial charge in [-0.2, -0.15) is 13.2 Å². The van der Waals surface area contributed by atoms with Crippen molar-refractivity contribution >= 4 is 17.5 Å². The van der Waals surface area contributed by atoms with Crippen LogP contribution in [0.4, 0.5) is 18.9 Å². The normalized spacial score (nSPS) is 23.7. The number of anilines is 1. The summed E-state index contributed by atoms with van der Waals surface area (Å²) in [6, 6.07) is 4.81. The van der Waals surface area contributed by atoms with Gasteiger partial charge in [-0.3, -0.25) is 9.59 Å². The fourth-order valence-corrected chi connectivity index (χ4v) is 2.84. The number of para-hydroxylation sites is 1. The first-order valence-electron chi connectivity index (χ1n) is 7.71. The third-order valence-electron chi connectivity index (χ3n) is 4.26. The first kappa shape index (κ1) is 16.8. The number of hydrogen-bond donors (Lipinski definition) is 1. The molecule has 1 heterocycles. The second kappa shape index (κ2) is 6.43. The minimum atomic E-state index is -4.55. The highest BCUT2D eigenvalue weighted by molar-refractivity contribution is 6.00. The zero-order valence-electron chi connectivity index (χ0n) is 12.8. The maximum atomic E-state index is 12.9. The number of amides is 2. The lowest BCUT2D eigenvalue weighted by molar-refractivity contribution is -0.138. The van der Waals surface area contributed by atoms with Crippen molar-refractivity contribution in [2.24, 2.45) is 11.8 Å². The number of nitrogens with one attached hydrogen (secondary N) is 1. The Bertz CT molecular complexity index is 642. The Morgan fingerprint density at radius 3 is 2.46 bits per heavy atom. The van der Waals surface area contributed by atoms with Crippen molar-refractivity contribution in [2.45, 2.75) is 12.6 Å². The molecule has 1 saturated heterocycles. The van der Waals surface area contributed by atoms with Gasteiger partial charge in [0.15, 0.2) is 0 Å². The second-order valence-electron chi connectivity index (χ2n) is 5.92. The van der Waals surface area contributed by atoms with E-state index >= 15 is 0 Å². The minimum absolute atomic E-state index is 0.123. The molecule has 0 aromatic heterocycles. The lowest BCUT2D eigenvalue weighted by atomic mass is 10.1. The lowest BCUT2D eigenvalue weighted by Crippen LogP contribution is -2.42. The summed E-state index contributed by atoms with van der Waals surface area (Å²) in [5.74, 6) is -1.68. The number of carbonyl (C=O) groups excluding carboxylic acids is 2. The smallest absolute Gasteiger partial charge is 0.378 e. The minimum Gasteiger partial charge on any atom is -0.378 e. The molecule has 1 saturated carbocycles. The maximum Gasteiger partial charge on any atom is 0.418 e. The Morgan fingerprint density at radius 1 is 1.12 bits per heavy atom. The van der Waals surface area contributed by atoms with Crippen LogP contribution in [0.5, 0.6) is 0 Å². The van der Waals surface area contributed by atoms with Crippen LogP contribution in [-0.2, 0) is 20.5 Å². The first-order chi connectivity index (χ1) is 11.4. The van der Waals surface area contributed by atoms with Crippen molar-refractivity contribution in [2.75, 3.05) is 31.6 Å². The fraction of sp³-hybridized carbons (Fsp3) is 0.500. The van der Waals surface area contributed by atoms with Crippen molar-refractivity contribution in [3.63, 3.8) is 0 Å². The molecular weight excluding hydrogens is 325 g/mol. The van der Waals surface area contributed by atoms with Crippen LogP contribution in [0.2, 0.25) is 0 Å². The van der Waals surface area contributed by atoms with Gasteiger partial charge in [0.1, 0.15) is 0 Å². The van der Waals surface area contributed by atoms with Crippen LogP contribution in [0.15, 0.2) is 24.3 Å². The van der Waals surface area contributed by atoms with Crippen molar-refractivity contribution in [1.82, 2.24) is 4.90 Å². The van der Waals surface area contributed by atoms with Gasteiger partial charge in [0.2, 0.25) is 11.8 Å². The predicted molar refractivity (Wildman–Crippen MR) is 79.1 cm³/mol. The predicted octanol–water partition coefficient (Wildman–Crippen LogP) is 2.14. The maximum absolute atomic E-state index is 12.9. The molecule has 2 amide bonds. The number of carbonyl (C=O) groups is 2. The Balaban J connectivity index is 1.62. The number of rotatable bonds is 3. The van der Waals surface area contributed by atoms with Gasteiger partial charge < -0.3 is 15.0 Å². The van der Waals surface area contributed by atoms with Gasteiger partial charge in [0.25, 0.3) is 0 Å². The van der Waals surface area contributed by atoms with E-state index in [1.54, 1.807) is 4.90 Å². The summed E-state index contributed by atoms with van der Waals surface area (Å²) in [6.45, 7) is 1.91. The van der Waals surface area contributed by atoms with E-state index in [-0.39, 0.29) is 11.6 Å². The number of morpholine rings is 1. The highest BCUT2D eigenvalue weighted by atomic mass is 19.4. The van der Waals surface area contributed by atoms with Crippen LogP contribution >= 0.6 is 0 Å². The largest absolute Gasteiger partial charge is 0.418 e. The molecule has 5 nitrogen and oxygen atoms in total. The molecule has 1 N–H and O–H groups in total. The Labute approximate surface area is 136 Å². The number of nitrogens with zero attached hydrogens (tertiary/aromatic N) is 1. The van der Waals surface area contributed by atoms with E-state index < -0.39 is 29.5 Å². The summed E-state index contributed by atoms with van der Waals surface area (Å²) in [5, 5.41) is 2.31. The molecule has 0 bridgehead atoms. The summed E-state index contributed by atoms with van der Waals surface area (Å²) in [6.07, 6.45) is -4.17. The monoisotopic (exact) mass is 342 g/mol. The average molecular weight is 342 g/mol. The SMILES string of the molecule is O=C(Nc1ccccc1C(F)(F)F)C1CC1C(=O)N1CCOCC1. The molecule has 2 atom stereocenters. The Hall–Kier alpha value is -2.09. The van der Waals surface area contributed by atoms with Crippen molar-refractivity contribution in [3.8, 4) is 0 Å². The zero-order valence-corrected chi connectivity index (χ0v) is 12.8. The van der Waals surface area contributed by atoms with E-state index in [4.69, 9.17) is 4.74 Å². The second-order valence-corrected chi connectivity index (χ2v) is 5.92. The van der Waals surface area contributed by atoms with Crippen LogP contribution < -0.4 is 5.32 Å². The Morgan fingerprint density at radius 2 is 1.79 bits per heavy atom. The van der Waals surface area contributed by atoms with E-state index in [0.29, 0.717) is 32.7 Å². The van der Waals surface area contributed by atoms with E-state index in [1.807, 2.05) is 0 Å². The van der Waals surface area contributed by atoms with Crippen LogP contribution in [0.25, 0.3) is 0 Å². The van der Waals surface area contributed by atoms with Gasteiger partial charge in [-0.25, -0.2) is 0 Å². The molecule has 1 aliphatic heterocycles. The Kier molecular flexibility index (Phi) is 4.49. The molecule has 0 radical (unpaired) electrons. The molecule has 2 aliphatic rings. The molecule has 1 aromatic rings. The number of hydrogen-bond acceptors (Lipinski definition) is 3. The van der Waals surface area contributed by atoms with Gasteiger partial charge in [0, 0.05) is 13.1 Å². The molecule has 130 valence electrons. The standard InChI is InChI=1S/C16H17F3N2O3/c17-16(18,19)12-3-1-2-4-13(12)20-14(22)10-9-11(10)15(23)21-5-7-24-8-6-21/h1-4,10-11H,5-9H2,(H,20,22). The topological polar surface area (TPSA) is 58.6 Å². The van der Waals surface area contributed by atoms with Gasteiger partial charge in [0.05, 0.1) is 36.3 Å². The molecule has 2 fully saturated rings. The molecular formula is C16H17F3N2O3. The summed E-state index contributed by atoms with van der Waals surface area (Å²) in [5.41, 5.74) is -1.17.